The van der Waals surface area contributed by atoms with E-state index in [0.717, 1.165) is 0 Å². The molecule has 52 valence electrons. The number of allylic oxidation sites excluding steroid dienone is 1. The first-order valence-corrected chi connectivity index (χ1v) is 2.94. The summed E-state index contributed by atoms with van der Waals surface area (Å²) >= 11 is 0. The molecule has 10 heavy (non-hydrogen) atoms. The van der Waals surface area contributed by atoms with Crippen LogP contribution in [0.3, 0.4) is 0 Å². The summed E-state index contributed by atoms with van der Waals surface area (Å²) in [4.78, 5) is 7.77. The van der Waals surface area contributed by atoms with Crippen LogP contribution in [0.4, 0.5) is 4.39 Å². The maximum atomic E-state index is 11.4. The van der Waals surface area contributed by atoms with E-state index in [1.807, 2.05) is 0 Å². The number of aromatic nitrogens is 2. The van der Waals surface area contributed by atoms with Crippen LogP contribution in [0.15, 0.2) is 30.9 Å². The van der Waals surface area contributed by atoms with Gasteiger partial charge in [0.15, 0.2) is 0 Å². The van der Waals surface area contributed by atoms with Gasteiger partial charge in [-0.15, -0.1) is 0 Å². The van der Waals surface area contributed by atoms with Gasteiger partial charge in [0.2, 0.25) is 0 Å². The lowest BCUT2D eigenvalue weighted by Gasteiger charge is -1.89. The third-order valence-electron chi connectivity index (χ3n) is 1.01. The predicted molar refractivity (Wildman–Crippen MR) is 36.0 cm³/mol. The van der Waals surface area contributed by atoms with E-state index in [2.05, 4.69) is 9.97 Å². The van der Waals surface area contributed by atoms with E-state index in [1.54, 1.807) is 18.5 Å². The molecule has 0 spiro atoms. The molecule has 3 heteroatoms. The molecule has 1 aromatic rings. The predicted octanol–water partition coefficient (Wildman–Crippen LogP) is 1.50. The van der Waals surface area contributed by atoms with Crippen LogP contribution < -0.4 is 0 Å². The third-order valence-corrected chi connectivity index (χ3v) is 1.01. The van der Waals surface area contributed by atoms with E-state index in [9.17, 15) is 4.39 Å². The minimum atomic E-state index is 0.456. The van der Waals surface area contributed by atoms with Gasteiger partial charge in [-0.05, 0) is 12.1 Å². The summed E-state index contributed by atoms with van der Waals surface area (Å²) in [7, 11) is 0. The van der Waals surface area contributed by atoms with Crippen LogP contribution in [0, 0.1) is 0 Å². The van der Waals surface area contributed by atoms with E-state index in [-0.39, 0.29) is 0 Å². The Morgan fingerprint density at radius 3 is 2.70 bits per heavy atom. The molecule has 0 saturated carbocycles. The summed E-state index contributed by atoms with van der Waals surface area (Å²) < 4.78 is 11.4. The van der Waals surface area contributed by atoms with Gasteiger partial charge in [0, 0.05) is 18.8 Å². The van der Waals surface area contributed by atoms with Gasteiger partial charge in [-0.1, -0.05) is 0 Å². The first kappa shape index (κ1) is 6.86. The topological polar surface area (TPSA) is 25.8 Å². The lowest BCUT2D eigenvalue weighted by Crippen LogP contribution is -1.89. The number of halogens is 1. The zero-order valence-electron chi connectivity index (χ0n) is 5.37. The molecule has 1 rings (SSSR count). The summed E-state index contributed by atoms with van der Waals surface area (Å²) in [5, 5.41) is 0. The zero-order chi connectivity index (χ0) is 7.23. The van der Waals surface area contributed by atoms with E-state index < -0.39 is 0 Å². The van der Waals surface area contributed by atoms with Crippen LogP contribution in [0.1, 0.15) is 5.82 Å². The van der Waals surface area contributed by atoms with Gasteiger partial charge in [-0.25, -0.2) is 14.4 Å². The van der Waals surface area contributed by atoms with Crippen LogP contribution in [-0.2, 0) is 6.42 Å². The van der Waals surface area contributed by atoms with E-state index in [0.29, 0.717) is 18.6 Å². The molecule has 1 aromatic heterocycles. The van der Waals surface area contributed by atoms with Gasteiger partial charge in [0.1, 0.15) is 5.82 Å². The van der Waals surface area contributed by atoms with Crippen molar-refractivity contribution in [2.24, 2.45) is 0 Å². The Labute approximate surface area is 58.4 Å². The van der Waals surface area contributed by atoms with Gasteiger partial charge < -0.3 is 0 Å². The first-order valence-electron chi connectivity index (χ1n) is 2.94. The van der Waals surface area contributed by atoms with Gasteiger partial charge in [0.25, 0.3) is 0 Å². The van der Waals surface area contributed by atoms with Crippen LogP contribution in [-0.4, -0.2) is 9.97 Å². The molecule has 1 heterocycles. The van der Waals surface area contributed by atoms with Crippen molar-refractivity contribution in [2.75, 3.05) is 0 Å². The highest BCUT2D eigenvalue weighted by Crippen LogP contribution is 1.89. The molecule has 0 amide bonds. The normalized spacial score (nSPS) is 10.5. The van der Waals surface area contributed by atoms with E-state index in [1.165, 1.54) is 6.08 Å². The molecule has 0 fully saturated rings. The molecule has 0 aromatic carbocycles. The van der Waals surface area contributed by atoms with Crippen molar-refractivity contribution in [3.63, 3.8) is 0 Å². The second-order valence-electron chi connectivity index (χ2n) is 1.73. The maximum Gasteiger partial charge on any atom is 0.132 e. The number of rotatable bonds is 2. The molecule has 2 nitrogen and oxygen atoms in total. The molecule has 0 aliphatic heterocycles. The summed E-state index contributed by atoms with van der Waals surface area (Å²) in [5.74, 6) is 0.636. The van der Waals surface area contributed by atoms with E-state index >= 15 is 0 Å². The van der Waals surface area contributed by atoms with Crippen LogP contribution in [0.2, 0.25) is 0 Å². The second kappa shape index (κ2) is 3.71. The minimum absolute atomic E-state index is 0.456. The Hall–Kier alpha value is -1.25. The molecule has 0 bridgehead atoms. The Bertz CT molecular complexity index is 208. The molecule has 0 atom stereocenters. The average Bonchev–Trinajstić information content (AvgIpc) is 2.03. The Morgan fingerprint density at radius 2 is 2.10 bits per heavy atom. The van der Waals surface area contributed by atoms with Gasteiger partial charge in [-0.2, -0.15) is 0 Å². The number of hydrogen-bond donors (Lipinski definition) is 0. The summed E-state index contributed by atoms with van der Waals surface area (Å²) in [5.41, 5.74) is 0. The standard InChI is InChI=1S/C7H7FN2/c8-4-1-3-7-9-5-2-6-10-7/h1-2,4-6H,3H2. The van der Waals surface area contributed by atoms with Gasteiger partial charge >= 0.3 is 0 Å². The quantitative estimate of drug-likeness (QED) is 0.619. The Kier molecular flexibility index (Phi) is 2.55. The van der Waals surface area contributed by atoms with Crippen molar-refractivity contribution in [1.82, 2.24) is 9.97 Å². The molecule has 0 radical (unpaired) electrons. The molecule has 0 aliphatic rings. The fourth-order valence-electron chi connectivity index (χ4n) is 0.585. The molecular weight excluding hydrogens is 131 g/mol. The lowest BCUT2D eigenvalue weighted by atomic mass is 10.4. The second-order valence-corrected chi connectivity index (χ2v) is 1.73. The molecule has 0 unspecified atom stereocenters. The fourth-order valence-corrected chi connectivity index (χ4v) is 0.585. The van der Waals surface area contributed by atoms with Crippen LogP contribution in [0.5, 0.6) is 0 Å². The third kappa shape index (κ3) is 1.93. The van der Waals surface area contributed by atoms with Crippen molar-refractivity contribution in [3.8, 4) is 0 Å². The molecule has 0 aliphatic carbocycles. The summed E-state index contributed by atoms with van der Waals surface area (Å²) in [6.45, 7) is 0. The highest BCUT2D eigenvalue weighted by molar-refractivity contribution is 4.94. The SMILES string of the molecule is FC=CCc1ncccn1. The zero-order valence-corrected chi connectivity index (χ0v) is 5.37. The van der Waals surface area contributed by atoms with Crippen molar-refractivity contribution in [1.29, 1.82) is 0 Å². The van der Waals surface area contributed by atoms with E-state index in [4.69, 9.17) is 0 Å². The maximum absolute atomic E-state index is 11.4. The van der Waals surface area contributed by atoms with Crippen LogP contribution >= 0.6 is 0 Å². The molecular formula is C7H7FN2. The largest absolute Gasteiger partial charge is 0.241 e. The van der Waals surface area contributed by atoms with Crippen molar-refractivity contribution >= 4 is 0 Å². The van der Waals surface area contributed by atoms with Crippen molar-refractivity contribution in [3.05, 3.63) is 36.7 Å². The van der Waals surface area contributed by atoms with Gasteiger partial charge in [0.05, 0.1) is 6.33 Å². The first-order chi connectivity index (χ1) is 4.93. The Balaban J connectivity index is 2.59. The summed E-state index contributed by atoms with van der Waals surface area (Å²) in [6.07, 6.45) is 5.59. The average molecular weight is 138 g/mol. The summed E-state index contributed by atoms with van der Waals surface area (Å²) in [6, 6.07) is 1.72. The van der Waals surface area contributed by atoms with Crippen LogP contribution in [0.25, 0.3) is 0 Å². The number of hydrogen-bond acceptors (Lipinski definition) is 2. The highest BCUT2D eigenvalue weighted by Gasteiger charge is 1.87. The van der Waals surface area contributed by atoms with Crippen molar-refractivity contribution in [2.45, 2.75) is 6.42 Å². The molecule has 0 N–H and O–H groups in total. The highest BCUT2D eigenvalue weighted by atomic mass is 19.1. The lowest BCUT2D eigenvalue weighted by molar-refractivity contribution is 0.715. The molecule has 0 saturated heterocycles. The fraction of sp³-hybridized carbons (Fsp3) is 0.143. The van der Waals surface area contributed by atoms with Gasteiger partial charge in [-0.3, -0.25) is 0 Å². The Morgan fingerprint density at radius 1 is 1.40 bits per heavy atom. The minimum Gasteiger partial charge on any atom is -0.241 e. The van der Waals surface area contributed by atoms with Crippen molar-refractivity contribution < 1.29 is 4.39 Å². The number of nitrogens with zero attached hydrogens (tertiary/aromatic N) is 2. The monoisotopic (exact) mass is 138 g/mol. The smallest absolute Gasteiger partial charge is 0.132 e.